The van der Waals surface area contributed by atoms with E-state index in [4.69, 9.17) is 0 Å². The predicted molar refractivity (Wildman–Crippen MR) is 105 cm³/mol. The van der Waals surface area contributed by atoms with Crippen LogP contribution in [0.5, 0.6) is 5.75 Å². The highest BCUT2D eigenvalue weighted by atomic mass is 16.3. The minimum atomic E-state index is -0.163. The highest BCUT2D eigenvalue weighted by Crippen LogP contribution is 2.36. The van der Waals surface area contributed by atoms with Crippen LogP contribution in [-0.4, -0.2) is 11.0 Å². The zero-order valence-electron chi connectivity index (χ0n) is 14.9. The quantitative estimate of drug-likeness (QED) is 0.672. The summed E-state index contributed by atoms with van der Waals surface area (Å²) in [7, 11) is 0. The molecule has 0 bridgehead atoms. The van der Waals surface area contributed by atoms with Crippen molar-refractivity contribution in [3.8, 4) is 5.75 Å². The second-order valence-electron chi connectivity index (χ2n) is 6.18. The molecular formula is C23H21NO2. The predicted octanol–water partition coefficient (Wildman–Crippen LogP) is 4.75. The SMILES string of the molecule is CC(=O)N/C(=C(/c1ccccc1)c1ccc(C)cc1O)c1ccccc1. The molecule has 0 saturated heterocycles. The number of aromatic hydroxyl groups is 1. The highest BCUT2D eigenvalue weighted by Gasteiger charge is 2.18. The zero-order valence-corrected chi connectivity index (χ0v) is 14.9. The summed E-state index contributed by atoms with van der Waals surface area (Å²) in [6, 6.07) is 25.0. The number of carbonyl (C=O) groups excluding carboxylic acids is 1. The average molecular weight is 343 g/mol. The van der Waals surface area contributed by atoms with Crippen molar-refractivity contribution in [2.24, 2.45) is 0 Å². The molecule has 26 heavy (non-hydrogen) atoms. The molecule has 0 aromatic heterocycles. The summed E-state index contributed by atoms with van der Waals surface area (Å²) < 4.78 is 0. The van der Waals surface area contributed by atoms with E-state index in [1.807, 2.05) is 79.7 Å². The van der Waals surface area contributed by atoms with Gasteiger partial charge in [-0.1, -0.05) is 72.8 Å². The van der Waals surface area contributed by atoms with Crippen LogP contribution in [0, 0.1) is 6.92 Å². The molecule has 0 aliphatic rings. The van der Waals surface area contributed by atoms with Gasteiger partial charge in [0.05, 0.1) is 5.70 Å². The lowest BCUT2D eigenvalue weighted by Gasteiger charge is -2.18. The molecule has 0 heterocycles. The van der Waals surface area contributed by atoms with Crippen LogP contribution in [0.25, 0.3) is 11.3 Å². The Hall–Kier alpha value is -3.33. The molecule has 130 valence electrons. The maximum Gasteiger partial charge on any atom is 0.221 e. The molecule has 0 radical (unpaired) electrons. The van der Waals surface area contributed by atoms with Crippen LogP contribution in [-0.2, 0) is 4.79 Å². The van der Waals surface area contributed by atoms with Gasteiger partial charge in [0, 0.05) is 18.1 Å². The van der Waals surface area contributed by atoms with E-state index in [-0.39, 0.29) is 11.7 Å². The molecule has 0 aliphatic carbocycles. The Morgan fingerprint density at radius 3 is 1.96 bits per heavy atom. The molecule has 1 amide bonds. The molecule has 3 rings (SSSR count). The van der Waals surface area contributed by atoms with Gasteiger partial charge in [-0.15, -0.1) is 0 Å². The standard InChI is InChI=1S/C23H21NO2/c1-16-13-14-20(21(26)15-16)22(18-9-5-3-6-10-18)23(24-17(2)25)19-11-7-4-8-12-19/h3-15,26H,1-2H3,(H,24,25)/b23-22-. The van der Waals surface area contributed by atoms with Crippen molar-refractivity contribution in [2.45, 2.75) is 13.8 Å². The second-order valence-corrected chi connectivity index (χ2v) is 6.18. The van der Waals surface area contributed by atoms with E-state index in [1.165, 1.54) is 6.92 Å². The van der Waals surface area contributed by atoms with Crippen LogP contribution >= 0.6 is 0 Å². The van der Waals surface area contributed by atoms with E-state index in [0.717, 1.165) is 22.3 Å². The Labute approximate surface area is 153 Å². The molecule has 0 spiro atoms. The number of amides is 1. The zero-order chi connectivity index (χ0) is 18.5. The third-order valence-electron chi connectivity index (χ3n) is 4.10. The van der Waals surface area contributed by atoms with Crippen LogP contribution in [0.2, 0.25) is 0 Å². The fourth-order valence-corrected chi connectivity index (χ4v) is 2.95. The first-order chi connectivity index (χ1) is 12.6. The van der Waals surface area contributed by atoms with Gasteiger partial charge in [0.25, 0.3) is 0 Å². The minimum absolute atomic E-state index is 0.163. The van der Waals surface area contributed by atoms with Gasteiger partial charge in [0.15, 0.2) is 0 Å². The van der Waals surface area contributed by atoms with Crippen molar-refractivity contribution < 1.29 is 9.90 Å². The molecule has 3 heteroatoms. The van der Waals surface area contributed by atoms with Crippen LogP contribution < -0.4 is 5.32 Å². The maximum atomic E-state index is 11.9. The Morgan fingerprint density at radius 1 is 0.846 bits per heavy atom. The van der Waals surface area contributed by atoms with Crippen molar-refractivity contribution in [3.63, 3.8) is 0 Å². The normalized spacial score (nSPS) is 11.6. The smallest absolute Gasteiger partial charge is 0.221 e. The van der Waals surface area contributed by atoms with E-state index in [2.05, 4.69) is 5.32 Å². The fraction of sp³-hybridized carbons (Fsp3) is 0.0870. The number of phenols is 1. The summed E-state index contributed by atoms with van der Waals surface area (Å²) >= 11 is 0. The summed E-state index contributed by atoms with van der Waals surface area (Å²) in [5.74, 6) is 0.0199. The van der Waals surface area contributed by atoms with Crippen molar-refractivity contribution in [1.82, 2.24) is 5.32 Å². The summed E-state index contributed by atoms with van der Waals surface area (Å²) in [4.78, 5) is 11.9. The molecule has 0 aliphatic heterocycles. The Balaban J connectivity index is 2.35. The molecule has 0 saturated carbocycles. The number of hydrogen-bond acceptors (Lipinski definition) is 2. The van der Waals surface area contributed by atoms with Gasteiger partial charge in [-0.2, -0.15) is 0 Å². The summed E-state index contributed by atoms with van der Waals surface area (Å²) in [5, 5.41) is 13.6. The van der Waals surface area contributed by atoms with Crippen LogP contribution in [0.1, 0.15) is 29.2 Å². The number of aryl methyl sites for hydroxylation is 1. The molecule has 3 aromatic rings. The summed E-state index contributed by atoms with van der Waals surface area (Å²) in [5.41, 5.74) is 4.89. The van der Waals surface area contributed by atoms with Crippen LogP contribution in [0.4, 0.5) is 0 Å². The molecule has 3 nitrogen and oxygen atoms in total. The van der Waals surface area contributed by atoms with Crippen molar-refractivity contribution in [3.05, 3.63) is 101 Å². The molecule has 2 N–H and O–H groups in total. The number of rotatable bonds is 4. The first-order valence-corrected chi connectivity index (χ1v) is 8.49. The van der Waals surface area contributed by atoms with Gasteiger partial charge in [-0.25, -0.2) is 0 Å². The topological polar surface area (TPSA) is 49.3 Å². The molecule has 0 fully saturated rings. The van der Waals surface area contributed by atoms with E-state index in [1.54, 1.807) is 6.07 Å². The Bertz CT molecular complexity index is 944. The van der Waals surface area contributed by atoms with Gasteiger partial charge in [-0.05, 0) is 29.7 Å². The van der Waals surface area contributed by atoms with Gasteiger partial charge >= 0.3 is 0 Å². The van der Waals surface area contributed by atoms with Crippen LogP contribution in [0.3, 0.4) is 0 Å². The van der Waals surface area contributed by atoms with E-state index >= 15 is 0 Å². The average Bonchev–Trinajstić information content (AvgIpc) is 2.64. The third-order valence-corrected chi connectivity index (χ3v) is 4.10. The van der Waals surface area contributed by atoms with Gasteiger partial charge in [-0.3, -0.25) is 4.79 Å². The lowest BCUT2D eigenvalue weighted by molar-refractivity contribution is -0.117. The van der Waals surface area contributed by atoms with Crippen molar-refractivity contribution in [2.75, 3.05) is 0 Å². The fourth-order valence-electron chi connectivity index (χ4n) is 2.95. The molecule has 0 unspecified atom stereocenters. The first kappa shape index (κ1) is 17.5. The number of carbonyl (C=O) groups is 1. The maximum absolute atomic E-state index is 11.9. The second kappa shape index (κ2) is 7.70. The van der Waals surface area contributed by atoms with Crippen molar-refractivity contribution >= 4 is 17.2 Å². The molecule has 0 atom stereocenters. The Kier molecular flexibility index (Phi) is 5.18. The van der Waals surface area contributed by atoms with E-state index < -0.39 is 0 Å². The molecular weight excluding hydrogens is 322 g/mol. The first-order valence-electron chi connectivity index (χ1n) is 8.49. The van der Waals surface area contributed by atoms with Gasteiger partial charge in [0.2, 0.25) is 5.91 Å². The van der Waals surface area contributed by atoms with E-state index in [0.29, 0.717) is 11.3 Å². The van der Waals surface area contributed by atoms with Crippen molar-refractivity contribution in [1.29, 1.82) is 0 Å². The largest absolute Gasteiger partial charge is 0.507 e. The number of nitrogens with one attached hydrogen (secondary N) is 1. The molecule has 3 aromatic carbocycles. The Morgan fingerprint density at radius 2 is 1.42 bits per heavy atom. The van der Waals surface area contributed by atoms with Gasteiger partial charge in [0.1, 0.15) is 5.75 Å². The number of hydrogen-bond donors (Lipinski definition) is 2. The number of benzene rings is 3. The number of phenolic OH excluding ortho intramolecular Hbond substituents is 1. The van der Waals surface area contributed by atoms with Gasteiger partial charge < -0.3 is 10.4 Å². The monoisotopic (exact) mass is 343 g/mol. The lowest BCUT2D eigenvalue weighted by atomic mass is 9.92. The minimum Gasteiger partial charge on any atom is -0.507 e. The highest BCUT2D eigenvalue weighted by molar-refractivity contribution is 6.03. The lowest BCUT2D eigenvalue weighted by Crippen LogP contribution is -2.20. The van der Waals surface area contributed by atoms with E-state index in [9.17, 15) is 9.90 Å². The summed E-state index contributed by atoms with van der Waals surface area (Å²) in [6.07, 6.45) is 0. The third kappa shape index (κ3) is 3.83. The summed E-state index contributed by atoms with van der Waals surface area (Å²) in [6.45, 7) is 3.42. The van der Waals surface area contributed by atoms with Crippen LogP contribution in [0.15, 0.2) is 78.9 Å².